The van der Waals surface area contributed by atoms with E-state index in [1.165, 1.54) is 7.11 Å². The number of carbonyl (C=O) groups excluding carboxylic acids is 1. The van der Waals surface area contributed by atoms with E-state index in [0.29, 0.717) is 30.2 Å². The van der Waals surface area contributed by atoms with Crippen LogP contribution in [0.2, 0.25) is 5.02 Å². The van der Waals surface area contributed by atoms with Crippen LogP contribution >= 0.6 is 11.6 Å². The van der Waals surface area contributed by atoms with Crippen LogP contribution < -0.4 is 4.74 Å². The summed E-state index contributed by atoms with van der Waals surface area (Å²) in [6.07, 6.45) is 0.338. The van der Waals surface area contributed by atoms with E-state index in [0.717, 1.165) is 5.56 Å². The molecule has 2 unspecified atom stereocenters. The zero-order valence-electron chi connectivity index (χ0n) is 14.8. The Morgan fingerprint density at radius 3 is 2.80 bits per heavy atom. The zero-order chi connectivity index (χ0) is 18.6. The van der Waals surface area contributed by atoms with E-state index >= 15 is 0 Å². The SMILES string of the molecule is COCC1(C(=O)O)CCCN(C(=O)C(C)Oc2cc(C)ccc2Cl)C1. The number of carboxylic acid groups (broad SMARTS) is 1. The number of rotatable bonds is 6. The van der Waals surface area contributed by atoms with Crippen LogP contribution in [0.4, 0.5) is 0 Å². The summed E-state index contributed by atoms with van der Waals surface area (Å²) in [4.78, 5) is 26.0. The number of piperidine rings is 1. The smallest absolute Gasteiger partial charge is 0.313 e. The van der Waals surface area contributed by atoms with E-state index in [2.05, 4.69) is 0 Å². The molecule has 2 atom stereocenters. The summed E-state index contributed by atoms with van der Waals surface area (Å²) in [5.41, 5.74) is -0.0920. The number of carbonyl (C=O) groups is 2. The van der Waals surface area contributed by atoms with Gasteiger partial charge in [0, 0.05) is 20.2 Å². The van der Waals surface area contributed by atoms with Crippen molar-refractivity contribution < 1.29 is 24.2 Å². The van der Waals surface area contributed by atoms with Crippen LogP contribution in [-0.2, 0) is 14.3 Å². The van der Waals surface area contributed by atoms with E-state index in [1.807, 2.05) is 13.0 Å². The number of methoxy groups -OCH3 is 1. The highest BCUT2D eigenvalue weighted by atomic mass is 35.5. The monoisotopic (exact) mass is 369 g/mol. The molecule has 0 bridgehead atoms. The Morgan fingerprint density at radius 1 is 1.44 bits per heavy atom. The van der Waals surface area contributed by atoms with Gasteiger partial charge in [-0.25, -0.2) is 0 Å². The Hall–Kier alpha value is -1.79. The van der Waals surface area contributed by atoms with Crippen molar-refractivity contribution >= 4 is 23.5 Å². The number of nitrogens with zero attached hydrogens (tertiary/aromatic N) is 1. The quantitative estimate of drug-likeness (QED) is 0.834. The number of hydrogen-bond acceptors (Lipinski definition) is 4. The molecule has 0 radical (unpaired) electrons. The van der Waals surface area contributed by atoms with Crippen LogP contribution in [0.5, 0.6) is 5.75 Å². The number of likely N-dealkylation sites (tertiary alicyclic amines) is 1. The summed E-state index contributed by atoms with van der Waals surface area (Å²) < 4.78 is 10.8. The summed E-state index contributed by atoms with van der Waals surface area (Å²) in [6, 6.07) is 5.35. The normalized spacial score (nSPS) is 21.7. The zero-order valence-corrected chi connectivity index (χ0v) is 15.5. The van der Waals surface area contributed by atoms with Crippen molar-refractivity contribution in [1.29, 1.82) is 0 Å². The highest BCUT2D eigenvalue weighted by molar-refractivity contribution is 6.32. The van der Waals surface area contributed by atoms with Gasteiger partial charge in [-0.05, 0) is 44.4 Å². The molecule has 6 nitrogen and oxygen atoms in total. The largest absolute Gasteiger partial charge is 0.481 e. The Morgan fingerprint density at radius 2 is 2.16 bits per heavy atom. The molecule has 1 aliphatic rings. The molecule has 1 fully saturated rings. The fraction of sp³-hybridized carbons (Fsp3) is 0.556. The number of hydrogen-bond donors (Lipinski definition) is 1. The minimum absolute atomic E-state index is 0.0745. The lowest BCUT2D eigenvalue weighted by Crippen LogP contribution is -2.54. The lowest BCUT2D eigenvalue weighted by atomic mass is 9.80. The summed E-state index contributed by atoms with van der Waals surface area (Å²) in [5.74, 6) is -0.748. The van der Waals surface area contributed by atoms with Crippen LogP contribution in [0.3, 0.4) is 0 Å². The van der Waals surface area contributed by atoms with Gasteiger partial charge in [0.2, 0.25) is 0 Å². The second kappa shape index (κ2) is 8.06. The predicted octanol–water partition coefficient (Wildman–Crippen LogP) is 2.76. The Balaban J connectivity index is 2.10. The maximum atomic E-state index is 12.7. The number of amides is 1. The second-order valence-corrected chi connectivity index (χ2v) is 6.98. The number of carboxylic acids is 1. The number of benzene rings is 1. The molecule has 1 aliphatic heterocycles. The summed E-state index contributed by atoms with van der Waals surface area (Å²) in [6.45, 7) is 4.25. The average molecular weight is 370 g/mol. The van der Waals surface area contributed by atoms with Crippen molar-refractivity contribution in [3.05, 3.63) is 28.8 Å². The van der Waals surface area contributed by atoms with Crippen LogP contribution in [-0.4, -0.2) is 54.8 Å². The van der Waals surface area contributed by atoms with Crippen molar-refractivity contribution in [2.75, 3.05) is 26.8 Å². The first kappa shape index (κ1) is 19.5. The van der Waals surface area contributed by atoms with Crippen molar-refractivity contribution in [3.8, 4) is 5.75 Å². The van der Waals surface area contributed by atoms with E-state index in [1.54, 1.807) is 24.0 Å². The van der Waals surface area contributed by atoms with Gasteiger partial charge < -0.3 is 19.5 Å². The summed E-state index contributed by atoms with van der Waals surface area (Å²) >= 11 is 6.11. The molecule has 1 saturated heterocycles. The molecule has 1 aromatic rings. The molecule has 25 heavy (non-hydrogen) atoms. The fourth-order valence-electron chi connectivity index (χ4n) is 3.15. The molecule has 0 aromatic heterocycles. The van der Waals surface area contributed by atoms with E-state index < -0.39 is 17.5 Å². The highest BCUT2D eigenvalue weighted by Crippen LogP contribution is 2.32. The Kier molecular flexibility index (Phi) is 6.30. The maximum absolute atomic E-state index is 12.7. The van der Waals surface area contributed by atoms with E-state index in [4.69, 9.17) is 21.1 Å². The number of ether oxygens (including phenoxy) is 2. The maximum Gasteiger partial charge on any atom is 0.313 e. The van der Waals surface area contributed by atoms with E-state index in [9.17, 15) is 14.7 Å². The topological polar surface area (TPSA) is 76.1 Å². The molecule has 0 aliphatic carbocycles. The van der Waals surface area contributed by atoms with Crippen LogP contribution in [0.25, 0.3) is 0 Å². The average Bonchev–Trinajstić information content (AvgIpc) is 2.57. The summed E-state index contributed by atoms with van der Waals surface area (Å²) in [7, 11) is 1.47. The van der Waals surface area contributed by atoms with E-state index in [-0.39, 0.29) is 19.1 Å². The fourth-order valence-corrected chi connectivity index (χ4v) is 3.31. The van der Waals surface area contributed by atoms with Crippen LogP contribution in [0, 0.1) is 12.3 Å². The molecule has 0 saturated carbocycles. The third-order valence-electron chi connectivity index (χ3n) is 4.50. The highest BCUT2D eigenvalue weighted by Gasteiger charge is 2.44. The molecule has 0 spiro atoms. The third kappa shape index (κ3) is 4.44. The van der Waals surface area contributed by atoms with Gasteiger partial charge in [-0.15, -0.1) is 0 Å². The van der Waals surface area contributed by atoms with Crippen molar-refractivity contribution in [2.45, 2.75) is 32.8 Å². The van der Waals surface area contributed by atoms with Gasteiger partial charge in [-0.3, -0.25) is 9.59 Å². The van der Waals surface area contributed by atoms with Crippen molar-refractivity contribution in [1.82, 2.24) is 4.90 Å². The van der Waals surface area contributed by atoms with Gasteiger partial charge in [0.1, 0.15) is 11.2 Å². The molecular formula is C18H24ClNO5. The number of aliphatic carboxylic acids is 1. The molecular weight excluding hydrogens is 346 g/mol. The molecule has 1 heterocycles. The first-order valence-corrected chi connectivity index (χ1v) is 8.61. The van der Waals surface area contributed by atoms with Gasteiger partial charge in [0.05, 0.1) is 11.6 Å². The summed E-state index contributed by atoms with van der Waals surface area (Å²) in [5, 5.41) is 10.0. The molecule has 1 amide bonds. The van der Waals surface area contributed by atoms with Gasteiger partial charge >= 0.3 is 5.97 Å². The minimum atomic E-state index is -1.07. The van der Waals surface area contributed by atoms with Crippen LogP contribution in [0.15, 0.2) is 18.2 Å². The molecule has 1 aromatic carbocycles. The molecule has 2 rings (SSSR count). The van der Waals surface area contributed by atoms with Gasteiger partial charge in [-0.1, -0.05) is 17.7 Å². The predicted molar refractivity (Wildman–Crippen MR) is 94.0 cm³/mol. The second-order valence-electron chi connectivity index (χ2n) is 6.58. The van der Waals surface area contributed by atoms with Crippen LogP contribution in [0.1, 0.15) is 25.3 Å². The molecule has 7 heteroatoms. The first-order valence-electron chi connectivity index (χ1n) is 8.23. The van der Waals surface area contributed by atoms with Crippen molar-refractivity contribution in [3.63, 3.8) is 0 Å². The van der Waals surface area contributed by atoms with Gasteiger partial charge in [0.25, 0.3) is 5.91 Å². The van der Waals surface area contributed by atoms with Crippen molar-refractivity contribution in [2.24, 2.45) is 5.41 Å². The lowest BCUT2D eigenvalue weighted by Gasteiger charge is -2.40. The molecule has 138 valence electrons. The number of aryl methyl sites for hydroxylation is 1. The third-order valence-corrected chi connectivity index (χ3v) is 4.81. The first-order chi connectivity index (χ1) is 11.8. The Bertz CT molecular complexity index is 646. The Labute approximate surface area is 152 Å². The minimum Gasteiger partial charge on any atom is -0.481 e. The molecule has 1 N–H and O–H groups in total. The van der Waals surface area contributed by atoms with Gasteiger partial charge in [-0.2, -0.15) is 0 Å². The lowest BCUT2D eigenvalue weighted by molar-refractivity contribution is -0.160. The number of halogens is 1. The standard InChI is InChI=1S/C18H24ClNO5/c1-12-5-6-14(19)15(9-12)25-13(2)16(21)20-8-4-7-18(10-20,11-24-3)17(22)23/h5-6,9,13H,4,7-8,10-11H2,1-3H3,(H,22,23). The van der Waals surface area contributed by atoms with Gasteiger partial charge in [0.15, 0.2) is 6.10 Å².